The van der Waals surface area contributed by atoms with E-state index in [1.54, 1.807) is 24.3 Å². The number of nitrogens with one attached hydrogen (secondary N) is 1. The van der Waals surface area contributed by atoms with E-state index in [1.165, 1.54) is 28.0 Å². The van der Waals surface area contributed by atoms with Gasteiger partial charge in [-0.25, -0.2) is 4.39 Å². The standard InChI is InChI=1S/C20H20ClFN4O3/c21-15-6-4-13(5-7-15)19(28)25-10-11-26(18(25)17(27)24-9-8-23)20(29)14-2-1-3-16(22)12-14/h1-7,12,18H,8-11,23H2,(H,24,27). The topological polar surface area (TPSA) is 95.7 Å². The molecule has 2 aromatic rings. The van der Waals surface area contributed by atoms with Crippen molar-refractivity contribution >= 4 is 29.3 Å². The maximum Gasteiger partial charge on any atom is 0.263 e. The minimum Gasteiger partial charge on any atom is -0.351 e. The van der Waals surface area contributed by atoms with Crippen LogP contribution >= 0.6 is 11.6 Å². The van der Waals surface area contributed by atoms with E-state index in [0.717, 1.165) is 6.07 Å². The Labute approximate surface area is 172 Å². The molecule has 1 aliphatic heterocycles. The molecule has 7 nitrogen and oxygen atoms in total. The largest absolute Gasteiger partial charge is 0.351 e. The number of benzene rings is 2. The molecule has 0 saturated carbocycles. The number of carbonyl (C=O) groups excluding carboxylic acids is 3. The molecule has 0 spiro atoms. The highest BCUT2D eigenvalue weighted by Crippen LogP contribution is 2.22. The number of nitrogens with zero attached hydrogens (tertiary/aromatic N) is 2. The molecule has 1 aliphatic rings. The summed E-state index contributed by atoms with van der Waals surface area (Å²) in [7, 11) is 0. The third-order valence-electron chi connectivity index (χ3n) is 4.53. The van der Waals surface area contributed by atoms with Crippen molar-refractivity contribution in [1.29, 1.82) is 0 Å². The van der Waals surface area contributed by atoms with E-state index in [1.807, 2.05) is 0 Å². The van der Waals surface area contributed by atoms with Gasteiger partial charge in [-0.15, -0.1) is 0 Å². The molecule has 3 N–H and O–H groups in total. The smallest absolute Gasteiger partial charge is 0.263 e. The number of nitrogens with two attached hydrogens (primary N) is 1. The molecule has 3 amide bonds. The van der Waals surface area contributed by atoms with Crippen LogP contribution in [0.15, 0.2) is 48.5 Å². The van der Waals surface area contributed by atoms with Crippen LogP contribution in [0.3, 0.4) is 0 Å². The van der Waals surface area contributed by atoms with E-state index >= 15 is 0 Å². The molecule has 3 rings (SSSR count). The fourth-order valence-electron chi connectivity index (χ4n) is 3.17. The summed E-state index contributed by atoms with van der Waals surface area (Å²) in [5, 5.41) is 3.10. The van der Waals surface area contributed by atoms with Crippen molar-refractivity contribution in [3.05, 3.63) is 70.5 Å². The molecule has 1 saturated heterocycles. The van der Waals surface area contributed by atoms with Crippen LogP contribution in [-0.4, -0.2) is 59.9 Å². The zero-order valence-corrected chi connectivity index (χ0v) is 16.2. The highest BCUT2D eigenvalue weighted by molar-refractivity contribution is 6.30. The first-order chi connectivity index (χ1) is 13.9. The van der Waals surface area contributed by atoms with Crippen molar-refractivity contribution in [2.45, 2.75) is 6.17 Å². The zero-order chi connectivity index (χ0) is 21.0. The van der Waals surface area contributed by atoms with Crippen LogP contribution in [-0.2, 0) is 4.79 Å². The van der Waals surface area contributed by atoms with Crippen molar-refractivity contribution in [3.8, 4) is 0 Å². The number of carbonyl (C=O) groups is 3. The summed E-state index contributed by atoms with van der Waals surface area (Å²) in [5.74, 6) is -2.04. The van der Waals surface area contributed by atoms with Crippen molar-refractivity contribution in [1.82, 2.24) is 15.1 Å². The molecular weight excluding hydrogens is 399 g/mol. The van der Waals surface area contributed by atoms with Crippen LogP contribution in [0.4, 0.5) is 4.39 Å². The highest BCUT2D eigenvalue weighted by atomic mass is 35.5. The minimum atomic E-state index is -1.17. The molecule has 2 aromatic carbocycles. The third-order valence-corrected chi connectivity index (χ3v) is 4.79. The second-order valence-electron chi connectivity index (χ2n) is 6.47. The molecule has 1 atom stereocenters. The molecule has 152 valence electrons. The maximum atomic E-state index is 13.6. The van der Waals surface area contributed by atoms with Gasteiger partial charge in [0.05, 0.1) is 0 Å². The van der Waals surface area contributed by atoms with Crippen LogP contribution in [0, 0.1) is 5.82 Å². The number of halogens is 2. The second-order valence-corrected chi connectivity index (χ2v) is 6.90. The van der Waals surface area contributed by atoms with E-state index in [-0.39, 0.29) is 31.7 Å². The van der Waals surface area contributed by atoms with E-state index in [0.29, 0.717) is 10.6 Å². The van der Waals surface area contributed by atoms with E-state index in [2.05, 4.69) is 5.32 Å². The SMILES string of the molecule is NCCNC(=O)C1N(C(=O)c2ccc(Cl)cc2)CCN1C(=O)c1cccc(F)c1. The predicted octanol–water partition coefficient (Wildman–Crippen LogP) is 1.48. The molecule has 1 fully saturated rings. The first-order valence-electron chi connectivity index (χ1n) is 9.03. The van der Waals surface area contributed by atoms with Crippen LogP contribution in [0.2, 0.25) is 5.02 Å². The summed E-state index contributed by atoms with van der Waals surface area (Å²) < 4.78 is 13.6. The van der Waals surface area contributed by atoms with E-state index in [9.17, 15) is 18.8 Å². The fourth-order valence-corrected chi connectivity index (χ4v) is 3.29. The van der Waals surface area contributed by atoms with Crippen molar-refractivity contribution in [2.75, 3.05) is 26.2 Å². The number of amides is 3. The van der Waals surface area contributed by atoms with Gasteiger partial charge in [0, 0.05) is 42.3 Å². The Hall–Kier alpha value is -2.97. The van der Waals surface area contributed by atoms with Gasteiger partial charge in [0.2, 0.25) is 0 Å². The Balaban J connectivity index is 1.90. The van der Waals surface area contributed by atoms with E-state index in [4.69, 9.17) is 17.3 Å². The van der Waals surface area contributed by atoms with Crippen LogP contribution in [0.5, 0.6) is 0 Å². The van der Waals surface area contributed by atoms with Crippen LogP contribution in [0.1, 0.15) is 20.7 Å². The quantitative estimate of drug-likeness (QED) is 0.768. The summed E-state index contributed by atoms with van der Waals surface area (Å²) >= 11 is 5.87. The van der Waals surface area contributed by atoms with E-state index < -0.39 is 29.7 Å². The lowest BCUT2D eigenvalue weighted by molar-refractivity contribution is -0.128. The Morgan fingerprint density at radius 1 is 1.03 bits per heavy atom. The minimum absolute atomic E-state index is 0.0995. The number of hydrogen-bond acceptors (Lipinski definition) is 4. The summed E-state index contributed by atoms with van der Waals surface area (Å²) in [6.07, 6.45) is -1.17. The lowest BCUT2D eigenvalue weighted by atomic mass is 10.1. The Kier molecular flexibility index (Phi) is 6.46. The highest BCUT2D eigenvalue weighted by Gasteiger charge is 2.43. The first-order valence-corrected chi connectivity index (χ1v) is 9.41. The Morgan fingerprint density at radius 3 is 2.24 bits per heavy atom. The van der Waals surface area contributed by atoms with Gasteiger partial charge in [0.25, 0.3) is 17.7 Å². The molecule has 0 radical (unpaired) electrons. The van der Waals surface area contributed by atoms with Crippen LogP contribution in [0.25, 0.3) is 0 Å². The van der Waals surface area contributed by atoms with Crippen molar-refractivity contribution in [2.24, 2.45) is 5.73 Å². The van der Waals surface area contributed by atoms with Gasteiger partial charge in [-0.05, 0) is 42.5 Å². The summed E-state index contributed by atoms with van der Waals surface area (Å²) in [6.45, 7) is 0.695. The summed E-state index contributed by atoms with van der Waals surface area (Å²) in [4.78, 5) is 41.3. The van der Waals surface area contributed by atoms with Gasteiger partial charge in [0.1, 0.15) is 5.82 Å². The monoisotopic (exact) mass is 418 g/mol. The van der Waals surface area contributed by atoms with Crippen molar-refractivity contribution in [3.63, 3.8) is 0 Å². The average molecular weight is 419 g/mol. The number of hydrogen-bond donors (Lipinski definition) is 2. The molecule has 0 bridgehead atoms. The van der Waals surface area contributed by atoms with Crippen molar-refractivity contribution < 1.29 is 18.8 Å². The molecule has 0 aromatic heterocycles. The zero-order valence-electron chi connectivity index (χ0n) is 15.5. The van der Waals surface area contributed by atoms with Gasteiger partial charge in [-0.3, -0.25) is 14.4 Å². The lowest BCUT2D eigenvalue weighted by Gasteiger charge is -2.29. The molecule has 1 heterocycles. The normalized spacial score (nSPS) is 16.0. The molecular formula is C20H20ClFN4O3. The maximum absolute atomic E-state index is 13.6. The van der Waals surface area contributed by atoms with Gasteiger partial charge in [0.15, 0.2) is 6.17 Å². The summed E-state index contributed by atoms with van der Waals surface area (Å²) in [6, 6.07) is 11.5. The van der Waals surface area contributed by atoms with Gasteiger partial charge < -0.3 is 20.9 Å². The molecule has 1 unspecified atom stereocenters. The lowest BCUT2D eigenvalue weighted by Crippen LogP contribution is -2.54. The summed E-state index contributed by atoms with van der Waals surface area (Å²) in [5.41, 5.74) is 5.89. The average Bonchev–Trinajstić information content (AvgIpc) is 3.16. The van der Waals surface area contributed by atoms with Gasteiger partial charge in [-0.2, -0.15) is 0 Å². The molecule has 9 heteroatoms. The molecule has 0 aliphatic carbocycles. The first kappa shape index (κ1) is 20.8. The molecule has 29 heavy (non-hydrogen) atoms. The number of rotatable bonds is 5. The van der Waals surface area contributed by atoms with Crippen LogP contribution < -0.4 is 11.1 Å². The second kappa shape index (κ2) is 9.02. The Bertz CT molecular complexity index is 922. The van der Waals surface area contributed by atoms with Gasteiger partial charge >= 0.3 is 0 Å². The van der Waals surface area contributed by atoms with Gasteiger partial charge in [-0.1, -0.05) is 17.7 Å². The third kappa shape index (κ3) is 4.55. The fraction of sp³-hybridized carbons (Fsp3) is 0.250. The Morgan fingerprint density at radius 2 is 1.66 bits per heavy atom. The predicted molar refractivity (Wildman–Crippen MR) is 106 cm³/mol.